The van der Waals surface area contributed by atoms with E-state index in [4.69, 9.17) is 0 Å². The maximum absolute atomic E-state index is 3.49. The summed E-state index contributed by atoms with van der Waals surface area (Å²) in [6.45, 7) is 16.1. The van der Waals surface area contributed by atoms with Crippen LogP contribution in [0.15, 0.2) is 0 Å². The first-order valence-corrected chi connectivity index (χ1v) is 6.52. The predicted octanol–water partition coefficient (Wildman–Crippen LogP) is 2.74. The van der Waals surface area contributed by atoms with Crippen molar-refractivity contribution in [3.63, 3.8) is 0 Å². The van der Waals surface area contributed by atoms with Crippen molar-refractivity contribution in [1.29, 1.82) is 0 Å². The normalized spacial score (nSPS) is 12.0. The second kappa shape index (κ2) is 9.17. The molecule has 0 aliphatic carbocycles. The largest absolute Gasteiger partial charge is 0.316 e. The zero-order chi connectivity index (χ0) is 11.7. The summed E-state index contributed by atoms with van der Waals surface area (Å²) in [6.07, 6.45) is 2.62. The van der Waals surface area contributed by atoms with Crippen LogP contribution in [-0.4, -0.2) is 37.1 Å². The monoisotopic (exact) mass is 214 g/mol. The van der Waals surface area contributed by atoms with E-state index in [2.05, 4.69) is 44.8 Å². The van der Waals surface area contributed by atoms with E-state index in [1.807, 2.05) is 0 Å². The highest BCUT2D eigenvalue weighted by Gasteiger charge is 2.05. The topological polar surface area (TPSA) is 15.3 Å². The molecule has 1 N–H and O–H groups in total. The summed E-state index contributed by atoms with van der Waals surface area (Å²) in [4.78, 5) is 2.53. The Bertz CT molecular complexity index is 132. The van der Waals surface area contributed by atoms with E-state index in [1.165, 1.54) is 32.5 Å². The summed E-state index contributed by atoms with van der Waals surface area (Å²) in [6, 6.07) is 0.693. The second-order valence-corrected chi connectivity index (χ2v) is 5.03. The van der Waals surface area contributed by atoms with Crippen molar-refractivity contribution < 1.29 is 0 Å². The summed E-state index contributed by atoms with van der Waals surface area (Å²) in [5, 5.41) is 3.49. The third kappa shape index (κ3) is 8.88. The van der Waals surface area contributed by atoms with E-state index in [-0.39, 0.29) is 0 Å². The molecule has 0 aliphatic rings. The van der Waals surface area contributed by atoms with Crippen LogP contribution in [-0.2, 0) is 0 Å². The average molecular weight is 214 g/mol. The minimum Gasteiger partial charge on any atom is -0.316 e. The molecule has 0 radical (unpaired) electrons. The third-order valence-corrected chi connectivity index (χ3v) is 2.74. The van der Waals surface area contributed by atoms with Crippen LogP contribution < -0.4 is 5.32 Å². The van der Waals surface area contributed by atoms with E-state index in [1.54, 1.807) is 0 Å². The van der Waals surface area contributed by atoms with Crippen molar-refractivity contribution in [2.24, 2.45) is 5.92 Å². The van der Waals surface area contributed by atoms with Gasteiger partial charge in [0.2, 0.25) is 0 Å². The fourth-order valence-electron chi connectivity index (χ4n) is 1.74. The number of hydrogen-bond acceptors (Lipinski definition) is 2. The van der Waals surface area contributed by atoms with Crippen LogP contribution in [0.3, 0.4) is 0 Å². The van der Waals surface area contributed by atoms with Crippen molar-refractivity contribution in [3.05, 3.63) is 0 Å². The predicted molar refractivity (Wildman–Crippen MR) is 69.3 cm³/mol. The molecule has 92 valence electrons. The minimum absolute atomic E-state index is 0.693. The quantitative estimate of drug-likeness (QED) is 0.594. The van der Waals surface area contributed by atoms with Gasteiger partial charge in [-0.15, -0.1) is 0 Å². The highest BCUT2D eigenvalue weighted by molar-refractivity contribution is 4.61. The van der Waals surface area contributed by atoms with Gasteiger partial charge < -0.3 is 10.2 Å². The molecule has 0 aromatic carbocycles. The van der Waals surface area contributed by atoms with Crippen LogP contribution in [0.2, 0.25) is 0 Å². The van der Waals surface area contributed by atoms with Gasteiger partial charge in [0.15, 0.2) is 0 Å². The van der Waals surface area contributed by atoms with E-state index in [9.17, 15) is 0 Å². The highest BCUT2D eigenvalue weighted by atomic mass is 15.1. The molecular weight excluding hydrogens is 184 g/mol. The molecule has 0 fully saturated rings. The number of unbranched alkanes of at least 4 members (excludes halogenated alkanes) is 1. The Kier molecular flexibility index (Phi) is 9.12. The van der Waals surface area contributed by atoms with Gasteiger partial charge in [-0.2, -0.15) is 0 Å². The van der Waals surface area contributed by atoms with Gasteiger partial charge in [-0.05, 0) is 58.8 Å². The molecule has 2 nitrogen and oxygen atoms in total. The SMILES string of the molecule is CCN(CCCCNCC(C)C)C(C)C. The molecule has 0 aromatic heterocycles. The third-order valence-electron chi connectivity index (χ3n) is 2.74. The van der Waals surface area contributed by atoms with E-state index >= 15 is 0 Å². The first-order valence-electron chi connectivity index (χ1n) is 6.52. The molecule has 0 amide bonds. The molecule has 0 rings (SSSR count). The molecule has 0 spiro atoms. The number of hydrogen-bond donors (Lipinski definition) is 1. The molecule has 0 unspecified atom stereocenters. The molecule has 0 aliphatic heterocycles. The number of nitrogens with zero attached hydrogens (tertiary/aromatic N) is 1. The Hall–Kier alpha value is -0.0800. The van der Waals surface area contributed by atoms with E-state index in [0.717, 1.165) is 12.5 Å². The molecule has 0 aromatic rings. The summed E-state index contributed by atoms with van der Waals surface area (Å²) in [7, 11) is 0. The lowest BCUT2D eigenvalue weighted by molar-refractivity contribution is 0.229. The molecule has 0 atom stereocenters. The molecule has 15 heavy (non-hydrogen) atoms. The van der Waals surface area contributed by atoms with Crippen LogP contribution in [0.4, 0.5) is 0 Å². The molecule has 0 heterocycles. The van der Waals surface area contributed by atoms with Gasteiger partial charge >= 0.3 is 0 Å². The first kappa shape index (κ1) is 14.9. The lowest BCUT2D eigenvalue weighted by Gasteiger charge is -2.24. The summed E-state index contributed by atoms with van der Waals surface area (Å²) in [5.41, 5.74) is 0. The summed E-state index contributed by atoms with van der Waals surface area (Å²) < 4.78 is 0. The van der Waals surface area contributed by atoms with E-state index < -0.39 is 0 Å². The van der Waals surface area contributed by atoms with Crippen molar-refractivity contribution in [3.8, 4) is 0 Å². The van der Waals surface area contributed by atoms with E-state index in [0.29, 0.717) is 6.04 Å². The van der Waals surface area contributed by atoms with Gasteiger partial charge in [0.05, 0.1) is 0 Å². The smallest absolute Gasteiger partial charge is 0.00384 e. The Morgan fingerprint density at radius 2 is 1.73 bits per heavy atom. The fourth-order valence-corrected chi connectivity index (χ4v) is 1.74. The maximum Gasteiger partial charge on any atom is 0.00384 e. The van der Waals surface area contributed by atoms with Crippen LogP contribution in [0.1, 0.15) is 47.5 Å². The number of rotatable bonds is 9. The van der Waals surface area contributed by atoms with Gasteiger partial charge in [0.25, 0.3) is 0 Å². The van der Waals surface area contributed by atoms with Gasteiger partial charge in [-0.1, -0.05) is 20.8 Å². The van der Waals surface area contributed by atoms with Gasteiger partial charge in [-0.3, -0.25) is 0 Å². The second-order valence-electron chi connectivity index (χ2n) is 5.03. The molecular formula is C13H30N2. The van der Waals surface area contributed by atoms with Gasteiger partial charge in [0, 0.05) is 6.04 Å². The lowest BCUT2D eigenvalue weighted by atomic mass is 10.2. The standard InChI is InChI=1S/C13H30N2/c1-6-15(13(4)5)10-8-7-9-14-11-12(2)3/h12-14H,6-11H2,1-5H3. The zero-order valence-corrected chi connectivity index (χ0v) is 11.3. The average Bonchev–Trinajstić information content (AvgIpc) is 2.15. The Morgan fingerprint density at radius 1 is 1.07 bits per heavy atom. The first-order chi connectivity index (χ1) is 7.07. The molecule has 0 bridgehead atoms. The minimum atomic E-state index is 0.693. The maximum atomic E-state index is 3.49. The number of nitrogens with one attached hydrogen (secondary N) is 1. The summed E-state index contributed by atoms with van der Waals surface area (Å²) in [5.74, 6) is 0.771. The van der Waals surface area contributed by atoms with Crippen LogP contribution >= 0.6 is 0 Å². The van der Waals surface area contributed by atoms with Crippen molar-refractivity contribution in [1.82, 2.24) is 10.2 Å². The van der Waals surface area contributed by atoms with Gasteiger partial charge in [-0.25, -0.2) is 0 Å². The van der Waals surface area contributed by atoms with Crippen LogP contribution in [0.5, 0.6) is 0 Å². The van der Waals surface area contributed by atoms with Crippen molar-refractivity contribution in [2.45, 2.75) is 53.5 Å². The molecule has 2 heteroatoms. The fraction of sp³-hybridized carbons (Fsp3) is 1.00. The van der Waals surface area contributed by atoms with Crippen molar-refractivity contribution in [2.75, 3.05) is 26.2 Å². The Morgan fingerprint density at radius 3 is 2.20 bits per heavy atom. The van der Waals surface area contributed by atoms with Crippen LogP contribution in [0.25, 0.3) is 0 Å². The Labute approximate surface area is 96.4 Å². The summed E-state index contributed by atoms with van der Waals surface area (Å²) >= 11 is 0. The van der Waals surface area contributed by atoms with Gasteiger partial charge in [0.1, 0.15) is 0 Å². The molecule has 0 saturated carbocycles. The zero-order valence-electron chi connectivity index (χ0n) is 11.3. The van der Waals surface area contributed by atoms with Crippen molar-refractivity contribution >= 4 is 0 Å². The highest BCUT2D eigenvalue weighted by Crippen LogP contribution is 2.00. The lowest BCUT2D eigenvalue weighted by Crippen LogP contribution is -2.32. The van der Waals surface area contributed by atoms with Crippen LogP contribution in [0, 0.1) is 5.92 Å². The Balaban J connectivity index is 3.29. The molecule has 0 saturated heterocycles.